The summed E-state index contributed by atoms with van der Waals surface area (Å²) in [4.78, 5) is 12.1. The summed E-state index contributed by atoms with van der Waals surface area (Å²) >= 11 is 3.43. The Balaban J connectivity index is 1.91. The number of alkyl halides is 1. The first-order chi connectivity index (χ1) is 10.8. The van der Waals surface area contributed by atoms with E-state index in [4.69, 9.17) is 10.5 Å². The highest BCUT2D eigenvalue weighted by molar-refractivity contribution is 9.10. The van der Waals surface area contributed by atoms with E-state index in [1.165, 1.54) is 13.8 Å². The number of nitrogens with zero attached hydrogens (tertiary/aromatic N) is 3. The normalized spacial score (nSPS) is 17.3. The molecule has 0 radical (unpaired) electrons. The van der Waals surface area contributed by atoms with E-state index in [1.54, 1.807) is 0 Å². The third-order valence-corrected chi connectivity index (χ3v) is 4.00. The third kappa shape index (κ3) is 3.52. The first-order valence-corrected chi connectivity index (χ1v) is 8.02. The largest absolute Gasteiger partial charge is 0.493 e. The number of hydrogen-bond acceptors (Lipinski definition) is 6. The zero-order valence-corrected chi connectivity index (χ0v) is 14.4. The molecule has 3 N–H and O–H groups in total. The van der Waals surface area contributed by atoms with Gasteiger partial charge in [0.25, 0.3) is 0 Å². The standard InChI is InChI=1S/C15H17BrFN5O/c1-15(2,17)12-20-13(18)22-14(21-12)19-10-5-6-23-11-7-8(16)3-4-9(10)11/h3-4,7,10H,5-6H2,1-2H3,(H3,18,19,20,21,22). The second-order valence-electron chi connectivity index (χ2n) is 5.83. The molecule has 0 spiro atoms. The summed E-state index contributed by atoms with van der Waals surface area (Å²) in [6.07, 6.45) is 0.745. The molecule has 2 aromatic rings. The lowest BCUT2D eigenvalue weighted by Gasteiger charge is -2.27. The Kier molecular flexibility index (Phi) is 4.09. The van der Waals surface area contributed by atoms with E-state index in [0.717, 1.165) is 22.2 Å². The molecule has 1 aliphatic heterocycles. The van der Waals surface area contributed by atoms with Crippen LogP contribution in [0.1, 0.15) is 37.7 Å². The summed E-state index contributed by atoms with van der Waals surface area (Å²) in [6, 6.07) is 5.80. The number of hydrogen-bond donors (Lipinski definition) is 2. The van der Waals surface area contributed by atoms with Crippen LogP contribution in [-0.2, 0) is 5.67 Å². The molecular formula is C15H17BrFN5O. The zero-order valence-electron chi connectivity index (χ0n) is 12.8. The average molecular weight is 382 g/mol. The van der Waals surface area contributed by atoms with Gasteiger partial charge in [-0.1, -0.05) is 22.0 Å². The molecule has 0 saturated carbocycles. The molecule has 8 heteroatoms. The van der Waals surface area contributed by atoms with Gasteiger partial charge >= 0.3 is 0 Å². The van der Waals surface area contributed by atoms with Gasteiger partial charge in [0.1, 0.15) is 5.75 Å². The molecule has 122 valence electrons. The summed E-state index contributed by atoms with van der Waals surface area (Å²) in [7, 11) is 0. The van der Waals surface area contributed by atoms with E-state index in [2.05, 4.69) is 36.2 Å². The highest BCUT2D eigenvalue weighted by atomic mass is 79.9. The van der Waals surface area contributed by atoms with Crippen LogP contribution in [0, 0.1) is 0 Å². The molecule has 1 aliphatic rings. The van der Waals surface area contributed by atoms with Gasteiger partial charge in [0.15, 0.2) is 11.5 Å². The lowest BCUT2D eigenvalue weighted by molar-refractivity contribution is 0.206. The smallest absolute Gasteiger partial charge is 0.228 e. The number of nitrogens with two attached hydrogens (primary N) is 1. The van der Waals surface area contributed by atoms with Gasteiger partial charge in [-0.05, 0) is 26.0 Å². The predicted octanol–water partition coefficient (Wildman–Crippen LogP) is 3.36. The number of anilines is 2. The van der Waals surface area contributed by atoms with Crippen LogP contribution in [0.2, 0.25) is 0 Å². The van der Waals surface area contributed by atoms with E-state index in [0.29, 0.717) is 6.61 Å². The number of rotatable bonds is 3. The number of ether oxygens (including phenoxy) is 1. The maximum atomic E-state index is 14.1. The maximum Gasteiger partial charge on any atom is 0.228 e. The summed E-state index contributed by atoms with van der Waals surface area (Å²) in [6.45, 7) is 3.34. The van der Waals surface area contributed by atoms with E-state index in [9.17, 15) is 4.39 Å². The van der Waals surface area contributed by atoms with Crippen molar-refractivity contribution >= 4 is 27.8 Å². The van der Waals surface area contributed by atoms with Crippen LogP contribution in [0.4, 0.5) is 16.3 Å². The minimum atomic E-state index is -1.69. The topological polar surface area (TPSA) is 86.0 Å². The van der Waals surface area contributed by atoms with Gasteiger partial charge in [0.2, 0.25) is 11.9 Å². The Hall–Kier alpha value is -1.96. The van der Waals surface area contributed by atoms with Crippen molar-refractivity contribution < 1.29 is 9.13 Å². The summed E-state index contributed by atoms with van der Waals surface area (Å²) in [5, 5.41) is 3.21. The van der Waals surface area contributed by atoms with Crippen molar-refractivity contribution in [2.45, 2.75) is 32.0 Å². The first kappa shape index (κ1) is 15.9. The molecule has 0 amide bonds. The molecule has 0 saturated heterocycles. The number of fused-ring (bicyclic) bond motifs is 1. The lowest BCUT2D eigenvalue weighted by atomic mass is 10.0. The van der Waals surface area contributed by atoms with Gasteiger partial charge in [0.05, 0.1) is 12.6 Å². The van der Waals surface area contributed by atoms with Crippen molar-refractivity contribution in [1.82, 2.24) is 15.0 Å². The van der Waals surface area contributed by atoms with Gasteiger partial charge in [0, 0.05) is 16.5 Å². The second kappa shape index (κ2) is 5.92. The van der Waals surface area contributed by atoms with Crippen LogP contribution in [0.3, 0.4) is 0 Å². The van der Waals surface area contributed by atoms with Crippen LogP contribution < -0.4 is 15.8 Å². The molecule has 23 heavy (non-hydrogen) atoms. The van der Waals surface area contributed by atoms with Crippen LogP contribution in [0.15, 0.2) is 22.7 Å². The number of halogens is 2. The van der Waals surface area contributed by atoms with Crippen molar-refractivity contribution in [2.75, 3.05) is 17.7 Å². The van der Waals surface area contributed by atoms with E-state index < -0.39 is 5.67 Å². The molecule has 2 heterocycles. The highest BCUT2D eigenvalue weighted by Gasteiger charge is 2.26. The van der Waals surface area contributed by atoms with Gasteiger partial charge < -0.3 is 15.8 Å². The van der Waals surface area contributed by atoms with E-state index in [1.807, 2.05) is 18.2 Å². The fourth-order valence-corrected chi connectivity index (χ4v) is 2.73. The average Bonchev–Trinajstić information content (AvgIpc) is 2.45. The maximum absolute atomic E-state index is 14.1. The van der Waals surface area contributed by atoms with Gasteiger partial charge in [-0.15, -0.1) is 0 Å². The molecule has 1 aromatic heterocycles. The Morgan fingerprint density at radius 1 is 1.35 bits per heavy atom. The van der Waals surface area contributed by atoms with Crippen LogP contribution in [-0.4, -0.2) is 21.6 Å². The van der Waals surface area contributed by atoms with Crippen molar-refractivity contribution in [3.05, 3.63) is 34.1 Å². The predicted molar refractivity (Wildman–Crippen MR) is 89.0 cm³/mol. The number of nitrogens with one attached hydrogen (secondary N) is 1. The molecule has 1 unspecified atom stereocenters. The zero-order chi connectivity index (χ0) is 16.6. The van der Waals surface area contributed by atoms with Crippen LogP contribution in [0.25, 0.3) is 0 Å². The second-order valence-corrected chi connectivity index (χ2v) is 6.75. The fraction of sp³-hybridized carbons (Fsp3) is 0.400. The molecule has 1 aromatic carbocycles. The highest BCUT2D eigenvalue weighted by Crippen LogP contribution is 2.35. The molecule has 1 atom stereocenters. The van der Waals surface area contributed by atoms with Crippen molar-refractivity contribution in [2.24, 2.45) is 0 Å². The summed E-state index contributed by atoms with van der Waals surface area (Å²) in [5.74, 6) is 1.07. The SMILES string of the molecule is CC(C)(F)c1nc(N)nc(NC2CCOc3cc(Br)ccc32)n1. The lowest BCUT2D eigenvalue weighted by Crippen LogP contribution is -2.23. The molecule has 6 nitrogen and oxygen atoms in total. The van der Waals surface area contributed by atoms with Gasteiger partial charge in [-0.2, -0.15) is 15.0 Å². The summed E-state index contributed by atoms with van der Waals surface area (Å²) in [5.41, 5.74) is 4.99. The quantitative estimate of drug-likeness (QED) is 0.847. The third-order valence-electron chi connectivity index (χ3n) is 3.50. The monoisotopic (exact) mass is 381 g/mol. The van der Waals surface area contributed by atoms with Crippen LogP contribution in [0.5, 0.6) is 5.75 Å². The fourth-order valence-electron chi connectivity index (χ4n) is 2.39. The molecular weight excluding hydrogens is 365 g/mol. The van der Waals surface area contributed by atoms with E-state index >= 15 is 0 Å². The minimum absolute atomic E-state index is 0.00804. The number of nitrogen functional groups attached to an aromatic ring is 1. The van der Waals surface area contributed by atoms with Crippen molar-refractivity contribution in [3.8, 4) is 5.75 Å². The Morgan fingerprint density at radius 3 is 2.87 bits per heavy atom. The van der Waals surface area contributed by atoms with Crippen molar-refractivity contribution in [1.29, 1.82) is 0 Å². The molecule has 0 bridgehead atoms. The first-order valence-electron chi connectivity index (χ1n) is 7.22. The number of aromatic nitrogens is 3. The van der Waals surface area contributed by atoms with E-state index in [-0.39, 0.29) is 23.8 Å². The van der Waals surface area contributed by atoms with Gasteiger partial charge in [-0.3, -0.25) is 0 Å². The molecule has 0 aliphatic carbocycles. The number of benzene rings is 1. The molecule has 3 rings (SSSR count). The Morgan fingerprint density at radius 2 is 2.13 bits per heavy atom. The van der Waals surface area contributed by atoms with Crippen molar-refractivity contribution in [3.63, 3.8) is 0 Å². The Bertz CT molecular complexity index is 734. The van der Waals surface area contributed by atoms with Crippen LogP contribution >= 0.6 is 15.9 Å². The summed E-state index contributed by atoms with van der Waals surface area (Å²) < 4.78 is 20.7. The van der Waals surface area contributed by atoms with Gasteiger partial charge in [-0.25, -0.2) is 4.39 Å². The molecule has 0 fully saturated rings. The minimum Gasteiger partial charge on any atom is -0.493 e. The Labute approximate surface area is 141 Å².